The molecule has 5 nitrogen and oxygen atoms in total. The number of nitrogens with zero attached hydrogens (tertiary/aromatic N) is 2. The summed E-state index contributed by atoms with van der Waals surface area (Å²) in [7, 11) is 0. The minimum atomic E-state index is -0.898. The van der Waals surface area contributed by atoms with E-state index in [0.717, 1.165) is 28.8 Å². The third-order valence-electron chi connectivity index (χ3n) is 4.56. The Morgan fingerprint density at radius 2 is 1.64 bits per heavy atom. The molecule has 0 amide bonds. The molecule has 5 heteroatoms. The number of hydrogen-bond donors (Lipinski definition) is 1. The minimum absolute atomic E-state index is 0.134. The van der Waals surface area contributed by atoms with Gasteiger partial charge in [-0.05, 0) is 42.0 Å². The zero-order valence-electron chi connectivity index (χ0n) is 15.3. The summed E-state index contributed by atoms with van der Waals surface area (Å²) in [6, 6.07) is 25.4. The summed E-state index contributed by atoms with van der Waals surface area (Å²) in [5.41, 5.74) is 3.68. The molecular formula is C23H20N2O3. The maximum Gasteiger partial charge on any atom is 0.323 e. The van der Waals surface area contributed by atoms with Crippen LogP contribution < -0.4 is 4.74 Å². The van der Waals surface area contributed by atoms with E-state index in [0.29, 0.717) is 12.4 Å². The van der Waals surface area contributed by atoms with E-state index in [-0.39, 0.29) is 6.54 Å². The Morgan fingerprint density at radius 1 is 0.929 bits per heavy atom. The lowest BCUT2D eigenvalue weighted by Crippen LogP contribution is -2.10. The number of carboxylic acid groups (broad SMARTS) is 1. The first-order valence-electron chi connectivity index (χ1n) is 9.15. The molecule has 1 aromatic heterocycles. The van der Waals surface area contributed by atoms with E-state index >= 15 is 0 Å². The quantitative estimate of drug-likeness (QED) is 0.522. The van der Waals surface area contributed by atoms with Crippen LogP contribution in [-0.2, 0) is 17.8 Å². The number of aromatic nitrogens is 2. The molecule has 0 saturated carbocycles. The van der Waals surface area contributed by atoms with E-state index in [1.807, 2.05) is 66.7 Å². The van der Waals surface area contributed by atoms with Gasteiger partial charge in [0.2, 0.25) is 0 Å². The second-order valence-corrected chi connectivity index (χ2v) is 6.51. The van der Waals surface area contributed by atoms with Gasteiger partial charge in [-0.1, -0.05) is 42.5 Å². The molecule has 0 spiro atoms. The Bertz CT molecular complexity index is 1090. The largest absolute Gasteiger partial charge is 0.493 e. The molecule has 1 heterocycles. The fraction of sp³-hybridized carbons (Fsp3) is 0.130. The van der Waals surface area contributed by atoms with Crippen LogP contribution in [-0.4, -0.2) is 27.2 Å². The van der Waals surface area contributed by atoms with E-state index in [1.165, 1.54) is 5.56 Å². The SMILES string of the molecule is O=C(O)Cn1c(-c2ccc(OCCc3ccccc3)cc2)nc2ccccc21. The van der Waals surface area contributed by atoms with Gasteiger partial charge in [0.05, 0.1) is 17.6 Å². The molecular weight excluding hydrogens is 352 g/mol. The smallest absolute Gasteiger partial charge is 0.323 e. The van der Waals surface area contributed by atoms with Crippen LogP contribution in [0.15, 0.2) is 78.9 Å². The standard InChI is InChI=1S/C23H20N2O3/c26-22(27)16-25-21-9-5-4-8-20(21)24-23(25)18-10-12-19(13-11-18)28-15-14-17-6-2-1-3-7-17/h1-13H,14-16H2,(H,26,27). The highest BCUT2D eigenvalue weighted by Crippen LogP contribution is 2.26. The molecule has 1 N–H and O–H groups in total. The fourth-order valence-electron chi connectivity index (χ4n) is 3.22. The Morgan fingerprint density at radius 3 is 2.39 bits per heavy atom. The van der Waals surface area contributed by atoms with Gasteiger partial charge in [0, 0.05) is 12.0 Å². The number of para-hydroxylation sites is 2. The Balaban J connectivity index is 1.53. The van der Waals surface area contributed by atoms with E-state index in [4.69, 9.17) is 4.74 Å². The Labute approximate surface area is 162 Å². The van der Waals surface area contributed by atoms with Gasteiger partial charge >= 0.3 is 5.97 Å². The number of rotatable bonds is 7. The highest BCUT2D eigenvalue weighted by Gasteiger charge is 2.14. The van der Waals surface area contributed by atoms with Crippen LogP contribution in [0.3, 0.4) is 0 Å². The van der Waals surface area contributed by atoms with Crippen molar-refractivity contribution < 1.29 is 14.6 Å². The average Bonchev–Trinajstić information content (AvgIpc) is 3.07. The summed E-state index contributed by atoms with van der Waals surface area (Å²) in [5.74, 6) is 0.519. The first-order chi connectivity index (χ1) is 13.7. The Hall–Kier alpha value is -3.60. The minimum Gasteiger partial charge on any atom is -0.493 e. The average molecular weight is 372 g/mol. The van der Waals surface area contributed by atoms with Crippen molar-refractivity contribution >= 4 is 17.0 Å². The zero-order chi connectivity index (χ0) is 19.3. The molecule has 3 aromatic carbocycles. The summed E-state index contributed by atoms with van der Waals surface area (Å²) in [6.45, 7) is 0.464. The number of fused-ring (bicyclic) bond motifs is 1. The molecule has 4 rings (SSSR count). The molecule has 0 radical (unpaired) electrons. The van der Waals surface area contributed by atoms with Crippen molar-refractivity contribution in [1.82, 2.24) is 9.55 Å². The van der Waals surface area contributed by atoms with E-state index in [9.17, 15) is 9.90 Å². The van der Waals surface area contributed by atoms with Crippen molar-refractivity contribution in [2.24, 2.45) is 0 Å². The normalized spacial score (nSPS) is 10.9. The number of carboxylic acids is 1. The summed E-state index contributed by atoms with van der Waals surface area (Å²) >= 11 is 0. The van der Waals surface area contributed by atoms with Crippen molar-refractivity contribution in [2.75, 3.05) is 6.61 Å². The second-order valence-electron chi connectivity index (χ2n) is 6.51. The van der Waals surface area contributed by atoms with Crippen LogP contribution in [0.1, 0.15) is 5.56 Å². The number of aliphatic carboxylic acids is 1. The molecule has 0 saturated heterocycles. The maximum absolute atomic E-state index is 11.3. The van der Waals surface area contributed by atoms with Gasteiger partial charge in [-0.15, -0.1) is 0 Å². The number of benzene rings is 3. The molecule has 0 fully saturated rings. The lowest BCUT2D eigenvalue weighted by atomic mass is 10.2. The molecule has 28 heavy (non-hydrogen) atoms. The molecule has 0 aliphatic rings. The van der Waals surface area contributed by atoms with Crippen molar-refractivity contribution in [3.05, 3.63) is 84.4 Å². The first kappa shape index (κ1) is 17.8. The lowest BCUT2D eigenvalue weighted by molar-refractivity contribution is -0.137. The van der Waals surface area contributed by atoms with Gasteiger partial charge in [-0.3, -0.25) is 4.79 Å². The number of imidazole rings is 1. The molecule has 140 valence electrons. The summed E-state index contributed by atoms with van der Waals surface area (Å²) < 4.78 is 7.56. The van der Waals surface area contributed by atoms with Gasteiger partial charge < -0.3 is 14.4 Å². The van der Waals surface area contributed by atoms with Gasteiger partial charge in [-0.2, -0.15) is 0 Å². The number of ether oxygens (including phenoxy) is 1. The predicted octanol–water partition coefficient (Wildman–Crippen LogP) is 4.41. The molecule has 0 bridgehead atoms. The van der Waals surface area contributed by atoms with Crippen LogP contribution in [0.2, 0.25) is 0 Å². The van der Waals surface area contributed by atoms with Crippen molar-refractivity contribution in [3.63, 3.8) is 0 Å². The fourth-order valence-corrected chi connectivity index (χ4v) is 3.22. The second kappa shape index (κ2) is 7.96. The number of carbonyl (C=O) groups is 1. The van der Waals surface area contributed by atoms with E-state index in [2.05, 4.69) is 17.1 Å². The van der Waals surface area contributed by atoms with Crippen LogP contribution in [0.25, 0.3) is 22.4 Å². The Kier molecular flexibility index (Phi) is 5.06. The summed E-state index contributed by atoms with van der Waals surface area (Å²) in [6.07, 6.45) is 0.844. The molecule has 0 aliphatic heterocycles. The van der Waals surface area contributed by atoms with Crippen LogP contribution in [0.4, 0.5) is 0 Å². The van der Waals surface area contributed by atoms with Gasteiger partial charge in [-0.25, -0.2) is 4.98 Å². The van der Waals surface area contributed by atoms with Crippen LogP contribution in [0, 0.1) is 0 Å². The first-order valence-corrected chi connectivity index (χ1v) is 9.15. The lowest BCUT2D eigenvalue weighted by Gasteiger charge is -2.09. The predicted molar refractivity (Wildman–Crippen MR) is 108 cm³/mol. The summed E-state index contributed by atoms with van der Waals surface area (Å²) in [4.78, 5) is 15.9. The van der Waals surface area contributed by atoms with E-state index < -0.39 is 5.97 Å². The van der Waals surface area contributed by atoms with Crippen molar-refractivity contribution in [2.45, 2.75) is 13.0 Å². The zero-order valence-corrected chi connectivity index (χ0v) is 15.3. The molecule has 0 atom stereocenters. The van der Waals surface area contributed by atoms with Gasteiger partial charge in [0.15, 0.2) is 0 Å². The number of hydrogen-bond acceptors (Lipinski definition) is 3. The summed E-state index contributed by atoms with van der Waals surface area (Å²) in [5, 5.41) is 9.28. The molecule has 4 aromatic rings. The van der Waals surface area contributed by atoms with Crippen LogP contribution in [0.5, 0.6) is 5.75 Å². The molecule has 0 aliphatic carbocycles. The molecule has 0 unspecified atom stereocenters. The highest BCUT2D eigenvalue weighted by molar-refractivity contribution is 5.82. The third-order valence-corrected chi connectivity index (χ3v) is 4.56. The van der Waals surface area contributed by atoms with Gasteiger partial charge in [0.25, 0.3) is 0 Å². The highest BCUT2D eigenvalue weighted by atomic mass is 16.5. The topological polar surface area (TPSA) is 64.3 Å². The van der Waals surface area contributed by atoms with Crippen molar-refractivity contribution in [1.29, 1.82) is 0 Å². The third kappa shape index (κ3) is 3.88. The maximum atomic E-state index is 11.3. The van der Waals surface area contributed by atoms with E-state index in [1.54, 1.807) is 4.57 Å². The monoisotopic (exact) mass is 372 g/mol. The van der Waals surface area contributed by atoms with Crippen LogP contribution >= 0.6 is 0 Å². The van der Waals surface area contributed by atoms with Gasteiger partial charge in [0.1, 0.15) is 18.1 Å². The van der Waals surface area contributed by atoms with Crippen molar-refractivity contribution in [3.8, 4) is 17.1 Å².